The van der Waals surface area contributed by atoms with Crippen molar-refractivity contribution in [1.29, 1.82) is 0 Å². The summed E-state index contributed by atoms with van der Waals surface area (Å²) in [5.41, 5.74) is 1.45. The molecular weight excluding hydrogens is 412 g/mol. The lowest BCUT2D eigenvalue weighted by molar-refractivity contribution is -0.152. The van der Waals surface area contributed by atoms with Crippen LogP contribution in [0.2, 0.25) is 18.1 Å². The van der Waals surface area contributed by atoms with E-state index in [0.717, 1.165) is 5.57 Å². The van der Waals surface area contributed by atoms with Gasteiger partial charge in [-0.25, -0.2) is 4.79 Å². The highest BCUT2D eigenvalue weighted by atomic mass is 28.4. The van der Waals surface area contributed by atoms with Gasteiger partial charge >= 0.3 is 5.97 Å². The van der Waals surface area contributed by atoms with Crippen LogP contribution in [0.25, 0.3) is 0 Å². The standard InChI is InChI=1S/C24H40O6Si/c1-17(14-29-31(8,9)23(3,4)5)10-20-11-19(15-28-16-26-6)18(2)13-24(20)21(27-7)12-22(25)30-24/h10-12,18,20H,13-16H2,1-9H3/b17-10+/t18-,20-,24+/m1/s1. The number of carbonyl (C=O) groups excluding carboxylic acids is 1. The molecule has 2 aliphatic rings. The van der Waals surface area contributed by atoms with Crippen molar-refractivity contribution in [1.82, 2.24) is 0 Å². The Morgan fingerprint density at radius 3 is 2.58 bits per heavy atom. The van der Waals surface area contributed by atoms with E-state index < -0.39 is 13.9 Å². The quantitative estimate of drug-likeness (QED) is 0.162. The van der Waals surface area contributed by atoms with Crippen molar-refractivity contribution >= 4 is 14.3 Å². The minimum atomic E-state index is -1.86. The van der Waals surface area contributed by atoms with Gasteiger partial charge < -0.3 is 23.4 Å². The number of methoxy groups -OCH3 is 2. The Kier molecular flexibility index (Phi) is 8.36. The van der Waals surface area contributed by atoms with Gasteiger partial charge in [-0.3, -0.25) is 0 Å². The van der Waals surface area contributed by atoms with E-state index in [2.05, 4.69) is 59.9 Å². The zero-order chi connectivity index (χ0) is 23.4. The Hall–Kier alpha value is -1.41. The van der Waals surface area contributed by atoms with Crippen LogP contribution in [0.4, 0.5) is 0 Å². The molecule has 2 rings (SSSR count). The Balaban J connectivity index is 2.33. The average Bonchev–Trinajstić information content (AvgIpc) is 2.98. The van der Waals surface area contributed by atoms with E-state index in [9.17, 15) is 4.79 Å². The summed E-state index contributed by atoms with van der Waals surface area (Å²) in [6, 6.07) is 0. The largest absolute Gasteiger partial charge is 0.497 e. The summed E-state index contributed by atoms with van der Waals surface area (Å²) in [5, 5.41) is 0.146. The highest BCUT2D eigenvalue weighted by Crippen LogP contribution is 2.47. The molecule has 0 amide bonds. The van der Waals surface area contributed by atoms with Crippen molar-refractivity contribution in [3.05, 3.63) is 35.1 Å². The predicted octanol–water partition coefficient (Wildman–Crippen LogP) is 4.98. The number of carbonyl (C=O) groups is 1. The molecule has 0 aromatic heterocycles. The van der Waals surface area contributed by atoms with E-state index in [-0.39, 0.29) is 29.6 Å². The molecule has 6 nitrogen and oxygen atoms in total. The molecule has 1 heterocycles. The fraction of sp³-hybridized carbons (Fsp3) is 0.708. The van der Waals surface area contributed by atoms with Crippen LogP contribution in [0.1, 0.15) is 41.0 Å². The molecule has 0 saturated carbocycles. The maximum absolute atomic E-state index is 12.2. The first kappa shape index (κ1) is 25.8. The van der Waals surface area contributed by atoms with Crippen LogP contribution in [-0.2, 0) is 28.2 Å². The summed E-state index contributed by atoms with van der Waals surface area (Å²) in [6.45, 7) is 16.7. The van der Waals surface area contributed by atoms with Gasteiger partial charge in [-0.2, -0.15) is 0 Å². The summed E-state index contributed by atoms with van der Waals surface area (Å²) >= 11 is 0. The second-order valence-electron chi connectivity index (χ2n) is 10.2. The van der Waals surface area contributed by atoms with E-state index in [1.807, 2.05) is 0 Å². The Bertz CT molecular complexity index is 746. The van der Waals surface area contributed by atoms with E-state index in [1.54, 1.807) is 14.2 Å². The Labute approximate surface area is 188 Å². The number of esters is 1. The minimum Gasteiger partial charge on any atom is -0.497 e. The lowest BCUT2D eigenvalue weighted by atomic mass is 9.71. The molecule has 0 N–H and O–H groups in total. The normalized spacial score (nSPS) is 27.3. The van der Waals surface area contributed by atoms with Gasteiger partial charge in [0.15, 0.2) is 13.9 Å². The average molecular weight is 453 g/mol. The minimum absolute atomic E-state index is 0.146. The van der Waals surface area contributed by atoms with Gasteiger partial charge in [0.05, 0.1) is 26.4 Å². The number of rotatable bonds is 9. The molecule has 0 bridgehead atoms. The molecule has 176 valence electrons. The predicted molar refractivity (Wildman–Crippen MR) is 124 cm³/mol. The second-order valence-corrected chi connectivity index (χ2v) is 15.0. The monoisotopic (exact) mass is 452 g/mol. The molecule has 1 aliphatic carbocycles. The molecule has 1 spiro atoms. The van der Waals surface area contributed by atoms with Crippen molar-refractivity contribution in [2.45, 2.75) is 64.8 Å². The highest BCUT2D eigenvalue weighted by Gasteiger charge is 2.52. The van der Waals surface area contributed by atoms with E-state index >= 15 is 0 Å². The maximum Gasteiger partial charge on any atom is 0.335 e. The number of hydrogen-bond donors (Lipinski definition) is 0. The van der Waals surface area contributed by atoms with Gasteiger partial charge in [0.25, 0.3) is 0 Å². The lowest BCUT2D eigenvalue weighted by Gasteiger charge is -2.41. The zero-order valence-corrected chi connectivity index (χ0v) is 21.7. The molecule has 0 unspecified atom stereocenters. The first-order chi connectivity index (χ1) is 14.4. The van der Waals surface area contributed by atoms with Crippen LogP contribution in [0.5, 0.6) is 0 Å². The molecule has 0 aromatic rings. The van der Waals surface area contributed by atoms with Gasteiger partial charge in [0, 0.05) is 19.4 Å². The molecule has 1 aliphatic heterocycles. The third kappa shape index (κ3) is 5.89. The SMILES string of the molecule is COCOCC1=C[C@@H](/C=C(\C)CO[Si](C)(C)C(C)(C)C)[C@]2(C[C@H]1C)OC(=O)C=C2OC. The van der Waals surface area contributed by atoms with Crippen molar-refractivity contribution in [2.75, 3.05) is 34.2 Å². The zero-order valence-electron chi connectivity index (χ0n) is 20.7. The summed E-state index contributed by atoms with van der Waals surface area (Å²) in [5.74, 6) is 0.238. The van der Waals surface area contributed by atoms with Gasteiger partial charge in [0.1, 0.15) is 12.6 Å². The lowest BCUT2D eigenvalue weighted by Crippen LogP contribution is -2.45. The summed E-state index contributed by atoms with van der Waals surface area (Å²) in [4.78, 5) is 12.2. The molecule has 0 radical (unpaired) electrons. The number of hydrogen-bond acceptors (Lipinski definition) is 6. The van der Waals surface area contributed by atoms with Gasteiger partial charge in [-0.15, -0.1) is 0 Å². The second kappa shape index (κ2) is 10.0. The van der Waals surface area contributed by atoms with Gasteiger partial charge in [0.2, 0.25) is 0 Å². The van der Waals surface area contributed by atoms with Crippen LogP contribution in [-0.4, -0.2) is 54.1 Å². The molecule has 0 saturated heterocycles. The topological polar surface area (TPSA) is 63.2 Å². The molecule has 7 heteroatoms. The Morgan fingerprint density at radius 1 is 1.32 bits per heavy atom. The van der Waals surface area contributed by atoms with Crippen LogP contribution in [0.3, 0.4) is 0 Å². The van der Waals surface area contributed by atoms with E-state index in [1.165, 1.54) is 11.6 Å². The summed E-state index contributed by atoms with van der Waals surface area (Å²) < 4.78 is 28.6. The van der Waals surface area contributed by atoms with Crippen LogP contribution in [0, 0.1) is 11.8 Å². The van der Waals surface area contributed by atoms with E-state index in [4.69, 9.17) is 23.4 Å². The molecule has 31 heavy (non-hydrogen) atoms. The van der Waals surface area contributed by atoms with Crippen LogP contribution >= 0.6 is 0 Å². The fourth-order valence-corrected chi connectivity index (χ4v) is 4.85. The van der Waals surface area contributed by atoms with Crippen molar-refractivity contribution < 1.29 is 28.2 Å². The molecular formula is C24H40O6Si. The molecule has 0 aromatic carbocycles. The summed E-state index contributed by atoms with van der Waals surface area (Å²) in [7, 11) is 1.34. The highest BCUT2D eigenvalue weighted by molar-refractivity contribution is 6.74. The van der Waals surface area contributed by atoms with Crippen LogP contribution in [0.15, 0.2) is 35.1 Å². The number of ether oxygens (including phenoxy) is 4. The third-order valence-electron chi connectivity index (χ3n) is 6.74. The first-order valence-electron chi connectivity index (χ1n) is 10.9. The third-order valence-corrected chi connectivity index (χ3v) is 11.2. The maximum atomic E-state index is 12.2. The Morgan fingerprint density at radius 2 is 2.00 bits per heavy atom. The molecule has 0 fully saturated rings. The fourth-order valence-electron chi connectivity index (χ4n) is 3.83. The van der Waals surface area contributed by atoms with Gasteiger partial charge in [-0.1, -0.05) is 45.4 Å². The van der Waals surface area contributed by atoms with Crippen molar-refractivity contribution in [3.63, 3.8) is 0 Å². The smallest absolute Gasteiger partial charge is 0.335 e. The van der Waals surface area contributed by atoms with E-state index in [0.29, 0.717) is 25.4 Å². The summed E-state index contributed by atoms with van der Waals surface area (Å²) in [6.07, 6.45) is 6.42. The molecule has 3 atom stereocenters. The van der Waals surface area contributed by atoms with Crippen LogP contribution < -0.4 is 0 Å². The van der Waals surface area contributed by atoms with Crippen molar-refractivity contribution in [3.8, 4) is 0 Å². The van der Waals surface area contributed by atoms with Gasteiger partial charge in [-0.05, 0) is 36.5 Å². The first-order valence-corrected chi connectivity index (χ1v) is 13.8. The van der Waals surface area contributed by atoms with Crippen molar-refractivity contribution in [2.24, 2.45) is 11.8 Å².